The summed E-state index contributed by atoms with van der Waals surface area (Å²) in [6.07, 6.45) is 12.1. The van der Waals surface area contributed by atoms with Crippen molar-refractivity contribution in [2.75, 3.05) is 0 Å². The first-order chi connectivity index (χ1) is 6.83. The van der Waals surface area contributed by atoms with Crippen LogP contribution in [0.15, 0.2) is 18.5 Å². The van der Waals surface area contributed by atoms with Crippen LogP contribution in [0.25, 0.3) is 6.20 Å². The van der Waals surface area contributed by atoms with Gasteiger partial charge in [0, 0.05) is 6.42 Å². The highest BCUT2D eigenvalue weighted by Crippen LogP contribution is 1.99. The lowest BCUT2D eigenvalue weighted by atomic mass is 10.3. The van der Waals surface area contributed by atoms with Crippen molar-refractivity contribution in [3.63, 3.8) is 0 Å². The summed E-state index contributed by atoms with van der Waals surface area (Å²) in [4.78, 5) is 0. The molecule has 0 aliphatic heterocycles. The number of hydrogen-bond donors (Lipinski definition) is 0. The van der Waals surface area contributed by atoms with Crippen LogP contribution in [0.4, 0.5) is 0 Å². The van der Waals surface area contributed by atoms with E-state index < -0.39 is 0 Å². The van der Waals surface area contributed by atoms with Gasteiger partial charge in [0.05, 0.1) is 12.7 Å². The van der Waals surface area contributed by atoms with Crippen molar-refractivity contribution >= 4 is 6.20 Å². The van der Waals surface area contributed by atoms with Crippen LogP contribution < -0.4 is 4.57 Å². The van der Waals surface area contributed by atoms with Crippen LogP contribution in [-0.2, 0) is 13.0 Å². The summed E-state index contributed by atoms with van der Waals surface area (Å²) < 4.78 is 4.51. The third-order valence-electron chi connectivity index (χ3n) is 2.42. The second kappa shape index (κ2) is 5.63. The number of nitrogens with zero attached hydrogens (tertiary/aromatic N) is 2. The van der Waals surface area contributed by atoms with Crippen LogP contribution in [0, 0.1) is 0 Å². The van der Waals surface area contributed by atoms with Gasteiger partial charge in [0.1, 0.15) is 12.4 Å². The first kappa shape index (κ1) is 11.0. The zero-order valence-electron chi connectivity index (χ0n) is 9.53. The molecule has 0 bridgehead atoms. The molecule has 2 heteroatoms. The Kier molecular flexibility index (Phi) is 4.44. The van der Waals surface area contributed by atoms with Gasteiger partial charge in [-0.2, -0.15) is 0 Å². The van der Waals surface area contributed by atoms with E-state index in [1.807, 2.05) is 0 Å². The topological polar surface area (TPSA) is 8.81 Å². The molecule has 0 radical (unpaired) electrons. The summed E-state index contributed by atoms with van der Waals surface area (Å²) in [6, 6.07) is 0. The maximum absolute atomic E-state index is 2.29. The predicted molar refractivity (Wildman–Crippen MR) is 59.9 cm³/mol. The Morgan fingerprint density at radius 3 is 2.71 bits per heavy atom. The molecule has 2 nitrogen and oxygen atoms in total. The number of imidazole rings is 1. The van der Waals surface area contributed by atoms with Gasteiger partial charge in [-0.1, -0.05) is 20.3 Å². The molecule has 0 aromatic carbocycles. The standard InChI is InChI=1S/C12H21N2/c1-4-7-8-9-14-11-10-13(6-3)12(14)5-2/h8-11H,4-7H2,1-3H3/q+1. The minimum atomic E-state index is 1.05. The van der Waals surface area contributed by atoms with Gasteiger partial charge in [0.15, 0.2) is 0 Å². The Morgan fingerprint density at radius 2 is 2.14 bits per heavy atom. The zero-order valence-corrected chi connectivity index (χ0v) is 9.53. The van der Waals surface area contributed by atoms with Gasteiger partial charge in [0.25, 0.3) is 5.82 Å². The smallest absolute Gasteiger partial charge is 0.234 e. The van der Waals surface area contributed by atoms with Gasteiger partial charge in [0.2, 0.25) is 0 Å². The quantitative estimate of drug-likeness (QED) is 0.636. The molecule has 0 aliphatic carbocycles. The van der Waals surface area contributed by atoms with Crippen molar-refractivity contribution in [1.82, 2.24) is 4.57 Å². The second-order valence-electron chi connectivity index (χ2n) is 3.43. The molecule has 0 unspecified atom stereocenters. The first-order valence-electron chi connectivity index (χ1n) is 5.59. The number of unbranched alkanes of at least 4 members (excludes halogenated alkanes) is 1. The molecule has 0 N–H and O–H groups in total. The Hall–Kier alpha value is -1.05. The van der Waals surface area contributed by atoms with Gasteiger partial charge >= 0.3 is 0 Å². The van der Waals surface area contributed by atoms with Gasteiger partial charge in [-0.3, -0.25) is 0 Å². The fraction of sp³-hybridized carbons (Fsp3) is 0.583. The summed E-state index contributed by atoms with van der Waals surface area (Å²) in [5.41, 5.74) is 0. The highest BCUT2D eigenvalue weighted by molar-refractivity contribution is 5.22. The maximum atomic E-state index is 2.29. The summed E-state index contributed by atoms with van der Waals surface area (Å²) in [7, 11) is 0. The van der Waals surface area contributed by atoms with E-state index in [2.05, 4.69) is 54.6 Å². The lowest BCUT2D eigenvalue weighted by Crippen LogP contribution is -2.35. The molecule has 0 fully saturated rings. The van der Waals surface area contributed by atoms with E-state index in [9.17, 15) is 0 Å². The van der Waals surface area contributed by atoms with Crippen LogP contribution in [0.3, 0.4) is 0 Å². The van der Waals surface area contributed by atoms with Gasteiger partial charge < -0.3 is 0 Å². The van der Waals surface area contributed by atoms with Crippen molar-refractivity contribution < 1.29 is 4.57 Å². The van der Waals surface area contributed by atoms with Crippen LogP contribution in [0.1, 0.15) is 39.4 Å². The van der Waals surface area contributed by atoms with Crippen molar-refractivity contribution in [3.8, 4) is 0 Å². The average molecular weight is 193 g/mol. The number of rotatable bonds is 5. The fourth-order valence-corrected chi connectivity index (χ4v) is 1.64. The van der Waals surface area contributed by atoms with Crippen LogP contribution >= 0.6 is 0 Å². The van der Waals surface area contributed by atoms with E-state index >= 15 is 0 Å². The molecule has 1 aromatic heterocycles. The van der Waals surface area contributed by atoms with E-state index in [-0.39, 0.29) is 0 Å². The SMILES string of the molecule is CCCC=Cn1cc[n+](CC)c1CC. The van der Waals surface area contributed by atoms with E-state index in [1.165, 1.54) is 12.2 Å². The Bertz CT molecular complexity index is 297. The summed E-state index contributed by atoms with van der Waals surface area (Å²) in [5.74, 6) is 1.37. The van der Waals surface area contributed by atoms with Gasteiger partial charge in [-0.25, -0.2) is 9.13 Å². The van der Waals surface area contributed by atoms with Gasteiger partial charge in [-0.15, -0.1) is 0 Å². The minimum absolute atomic E-state index is 1.05. The maximum Gasteiger partial charge on any atom is 0.260 e. The predicted octanol–water partition coefficient (Wildman–Crippen LogP) is 2.63. The highest BCUT2D eigenvalue weighted by Gasteiger charge is 2.10. The lowest BCUT2D eigenvalue weighted by Gasteiger charge is -1.96. The summed E-state index contributed by atoms with van der Waals surface area (Å²) >= 11 is 0. The van der Waals surface area contributed by atoms with E-state index in [4.69, 9.17) is 0 Å². The Labute approximate surface area is 86.9 Å². The summed E-state index contributed by atoms with van der Waals surface area (Å²) in [6.45, 7) is 7.63. The molecule has 0 aliphatic rings. The molecular weight excluding hydrogens is 172 g/mol. The fourth-order valence-electron chi connectivity index (χ4n) is 1.64. The molecule has 0 spiro atoms. The van der Waals surface area contributed by atoms with Crippen LogP contribution in [-0.4, -0.2) is 4.57 Å². The van der Waals surface area contributed by atoms with E-state index in [1.54, 1.807) is 0 Å². The van der Waals surface area contributed by atoms with Crippen molar-refractivity contribution in [1.29, 1.82) is 0 Å². The van der Waals surface area contributed by atoms with Crippen molar-refractivity contribution in [2.24, 2.45) is 0 Å². The molecule has 1 rings (SSSR count). The van der Waals surface area contributed by atoms with Crippen molar-refractivity contribution in [2.45, 2.75) is 46.6 Å². The normalized spacial score (nSPS) is 11.4. The van der Waals surface area contributed by atoms with E-state index in [0.717, 1.165) is 19.4 Å². The lowest BCUT2D eigenvalue weighted by molar-refractivity contribution is -0.700. The van der Waals surface area contributed by atoms with Crippen LogP contribution in [0.2, 0.25) is 0 Å². The monoisotopic (exact) mass is 193 g/mol. The Balaban J connectivity index is 2.80. The minimum Gasteiger partial charge on any atom is -0.234 e. The second-order valence-corrected chi connectivity index (χ2v) is 3.43. The first-order valence-corrected chi connectivity index (χ1v) is 5.59. The summed E-state index contributed by atoms with van der Waals surface area (Å²) in [5, 5.41) is 0. The molecule has 0 amide bonds. The van der Waals surface area contributed by atoms with Crippen molar-refractivity contribution in [3.05, 3.63) is 24.3 Å². The van der Waals surface area contributed by atoms with Crippen LogP contribution in [0.5, 0.6) is 0 Å². The van der Waals surface area contributed by atoms with Gasteiger partial charge in [-0.05, 0) is 19.4 Å². The number of hydrogen-bond acceptors (Lipinski definition) is 0. The largest absolute Gasteiger partial charge is 0.260 e. The molecule has 1 heterocycles. The number of aromatic nitrogens is 2. The number of allylic oxidation sites excluding steroid dienone is 1. The average Bonchev–Trinajstić information content (AvgIpc) is 2.60. The molecule has 78 valence electrons. The molecule has 0 saturated carbocycles. The molecule has 14 heavy (non-hydrogen) atoms. The third-order valence-corrected chi connectivity index (χ3v) is 2.42. The third kappa shape index (κ3) is 2.47. The highest BCUT2D eigenvalue weighted by atomic mass is 15.1. The molecular formula is C12H21N2+. The Morgan fingerprint density at radius 1 is 1.36 bits per heavy atom. The zero-order chi connectivity index (χ0) is 10.4. The van der Waals surface area contributed by atoms with E-state index in [0.29, 0.717) is 0 Å². The molecule has 1 aromatic rings. The molecule has 0 saturated heterocycles. The molecule has 0 atom stereocenters. The number of aryl methyl sites for hydroxylation is 1.